The maximum Gasteiger partial charge on any atom is 1.00 e. The first-order valence-electron chi connectivity index (χ1n) is 5.06. The van der Waals surface area contributed by atoms with E-state index in [0.29, 0.717) is 11.1 Å². The van der Waals surface area contributed by atoms with Crippen molar-refractivity contribution in [2.45, 2.75) is 19.9 Å². The Morgan fingerprint density at radius 1 is 1.59 bits per heavy atom. The summed E-state index contributed by atoms with van der Waals surface area (Å²) in [4.78, 5) is 23.7. The van der Waals surface area contributed by atoms with Crippen LogP contribution in [0.3, 0.4) is 0 Å². The van der Waals surface area contributed by atoms with E-state index in [1.165, 1.54) is 11.0 Å². The summed E-state index contributed by atoms with van der Waals surface area (Å²) in [7, 11) is 0. The molecule has 5 nitrogen and oxygen atoms in total. The zero-order chi connectivity index (χ0) is 12.0. The van der Waals surface area contributed by atoms with Crippen molar-refractivity contribution < 1.29 is 49.4 Å². The van der Waals surface area contributed by atoms with Crippen LogP contribution in [0.5, 0.6) is 0 Å². The van der Waals surface area contributed by atoms with Crippen molar-refractivity contribution in [2.24, 2.45) is 5.92 Å². The van der Waals surface area contributed by atoms with Crippen molar-refractivity contribution in [3.05, 3.63) is 22.9 Å². The fraction of sp³-hybridized carbons (Fsp3) is 0.455. The fourth-order valence-electron chi connectivity index (χ4n) is 2.31. The largest absolute Gasteiger partial charge is 1.00 e. The average Bonchev–Trinajstić information content (AvgIpc) is 2.52. The number of carbonyl (C=O) groups excluding carboxylic acids is 2. The molecule has 0 radical (unpaired) electrons. The maximum absolute atomic E-state index is 11.7. The van der Waals surface area contributed by atoms with Gasteiger partial charge in [0, 0.05) is 11.5 Å². The van der Waals surface area contributed by atoms with Crippen molar-refractivity contribution in [1.29, 1.82) is 0 Å². The maximum atomic E-state index is 11.7. The van der Waals surface area contributed by atoms with Crippen LogP contribution in [-0.4, -0.2) is 34.5 Å². The van der Waals surface area contributed by atoms with Gasteiger partial charge in [0.2, 0.25) is 0 Å². The molecule has 0 spiro atoms. The molecule has 0 unspecified atom stereocenters. The normalized spacial score (nSPS) is 29.0. The standard InChI is InChI=1S/C11H13NO4.Na/c1-5-3-7(11(15)16)12-9(5)8(10(12)14)6(2)4-13;/h3,5,9,13H,4H2,1-2H3,(H,15,16);/q;+1/p-1/b8-6+;/t5-,9-;/m0./s1. The number of β-lactam (4-membered cyclic amide) rings is 1. The molecule has 1 fully saturated rings. The van der Waals surface area contributed by atoms with Crippen LogP contribution in [0.4, 0.5) is 0 Å². The van der Waals surface area contributed by atoms with Crippen LogP contribution in [0.2, 0.25) is 0 Å². The quantitative estimate of drug-likeness (QED) is 0.304. The molecule has 2 rings (SSSR count). The fourth-order valence-corrected chi connectivity index (χ4v) is 2.31. The second-order valence-corrected chi connectivity index (χ2v) is 4.17. The number of carboxylic acids is 1. The summed E-state index contributed by atoms with van der Waals surface area (Å²) < 4.78 is 0. The van der Waals surface area contributed by atoms with Gasteiger partial charge in [-0.2, -0.15) is 0 Å². The van der Waals surface area contributed by atoms with Gasteiger partial charge in [0.05, 0.1) is 24.3 Å². The Morgan fingerprint density at radius 2 is 2.18 bits per heavy atom. The van der Waals surface area contributed by atoms with E-state index >= 15 is 0 Å². The smallest absolute Gasteiger partial charge is 0.543 e. The summed E-state index contributed by atoms with van der Waals surface area (Å²) in [6, 6.07) is -0.243. The predicted molar refractivity (Wildman–Crippen MR) is 52.7 cm³/mol. The molecule has 0 bridgehead atoms. The molecule has 2 aliphatic heterocycles. The number of aliphatic hydroxyl groups excluding tert-OH is 1. The Kier molecular flexibility index (Phi) is 4.19. The van der Waals surface area contributed by atoms with E-state index in [9.17, 15) is 14.7 Å². The molecule has 0 aromatic carbocycles. The van der Waals surface area contributed by atoms with Crippen LogP contribution in [0, 0.1) is 5.92 Å². The molecule has 17 heavy (non-hydrogen) atoms. The second kappa shape index (κ2) is 4.94. The molecule has 1 saturated heterocycles. The van der Waals surface area contributed by atoms with Gasteiger partial charge >= 0.3 is 29.6 Å². The van der Waals surface area contributed by atoms with Crippen LogP contribution in [0.1, 0.15) is 13.8 Å². The van der Waals surface area contributed by atoms with Crippen molar-refractivity contribution in [3.63, 3.8) is 0 Å². The molecule has 0 aromatic rings. The van der Waals surface area contributed by atoms with E-state index in [2.05, 4.69) is 0 Å². The van der Waals surface area contributed by atoms with E-state index in [1.54, 1.807) is 6.92 Å². The Bertz CT molecular complexity index is 441. The number of aliphatic hydroxyl groups is 1. The number of rotatable bonds is 2. The van der Waals surface area contributed by atoms with Gasteiger partial charge < -0.3 is 15.0 Å². The van der Waals surface area contributed by atoms with Crippen LogP contribution in [-0.2, 0) is 9.59 Å². The Hall–Kier alpha value is -0.620. The van der Waals surface area contributed by atoms with Gasteiger partial charge in [-0.15, -0.1) is 0 Å². The Labute approximate surface area is 121 Å². The van der Waals surface area contributed by atoms with Crippen molar-refractivity contribution in [3.8, 4) is 0 Å². The summed E-state index contributed by atoms with van der Waals surface area (Å²) in [6.45, 7) is 3.33. The first-order chi connectivity index (χ1) is 7.49. The molecule has 1 amide bonds. The number of amides is 1. The summed E-state index contributed by atoms with van der Waals surface area (Å²) in [5, 5.41) is 19.8. The number of nitrogens with zero attached hydrogens (tertiary/aromatic N) is 1. The molecular formula is C11H12NNaO4. The third-order valence-corrected chi connectivity index (χ3v) is 3.11. The summed E-state index contributed by atoms with van der Waals surface area (Å²) in [5.74, 6) is -1.72. The number of hydrogen-bond acceptors (Lipinski definition) is 4. The molecule has 0 saturated carbocycles. The summed E-state index contributed by atoms with van der Waals surface area (Å²) in [6.07, 6.45) is 1.52. The van der Waals surface area contributed by atoms with E-state index in [1.807, 2.05) is 6.92 Å². The molecule has 0 aromatic heterocycles. The minimum atomic E-state index is -1.33. The van der Waals surface area contributed by atoms with Crippen LogP contribution in [0.25, 0.3) is 0 Å². The van der Waals surface area contributed by atoms with Gasteiger partial charge in [0.1, 0.15) is 0 Å². The first-order valence-corrected chi connectivity index (χ1v) is 5.06. The van der Waals surface area contributed by atoms with E-state index in [0.717, 1.165) is 0 Å². The minimum absolute atomic E-state index is 0. The van der Waals surface area contributed by atoms with Crippen molar-refractivity contribution in [2.75, 3.05) is 6.61 Å². The van der Waals surface area contributed by atoms with Crippen molar-refractivity contribution in [1.82, 2.24) is 4.90 Å². The monoisotopic (exact) mass is 245 g/mol. The molecule has 1 N–H and O–H groups in total. The predicted octanol–water partition coefficient (Wildman–Crippen LogP) is -4.21. The van der Waals surface area contributed by atoms with Crippen LogP contribution in [0.15, 0.2) is 22.9 Å². The number of carboxylic acid groups (broad SMARTS) is 1. The number of hydrogen-bond donors (Lipinski definition) is 1. The number of carbonyl (C=O) groups is 2. The van der Waals surface area contributed by atoms with E-state index in [4.69, 9.17) is 5.11 Å². The van der Waals surface area contributed by atoms with Crippen LogP contribution < -0.4 is 34.7 Å². The molecule has 2 aliphatic rings. The number of aliphatic carboxylic acids is 1. The van der Waals surface area contributed by atoms with Crippen molar-refractivity contribution >= 4 is 11.9 Å². The van der Waals surface area contributed by atoms with Crippen LogP contribution >= 0.6 is 0 Å². The third kappa shape index (κ3) is 1.97. The molecule has 2 heterocycles. The summed E-state index contributed by atoms with van der Waals surface area (Å²) >= 11 is 0. The van der Waals surface area contributed by atoms with Gasteiger partial charge in [0.15, 0.2) is 0 Å². The average molecular weight is 245 g/mol. The Balaban J connectivity index is 0.00000144. The molecule has 0 aliphatic carbocycles. The summed E-state index contributed by atoms with van der Waals surface area (Å²) in [5.41, 5.74) is 1.07. The van der Waals surface area contributed by atoms with Gasteiger partial charge in [0.25, 0.3) is 5.91 Å². The molecule has 2 atom stereocenters. The zero-order valence-electron chi connectivity index (χ0n) is 10.1. The number of fused-ring (bicyclic) bond motifs is 1. The third-order valence-electron chi connectivity index (χ3n) is 3.11. The zero-order valence-corrected chi connectivity index (χ0v) is 12.1. The van der Waals surface area contributed by atoms with Gasteiger partial charge in [-0.25, -0.2) is 0 Å². The Morgan fingerprint density at radius 3 is 2.65 bits per heavy atom. The second-order valence-electron chi connectivity index (χ2n) is 4.17. The van der Waals surface area contributed by atoms with Gasteiger partial charge in [-0.05, 0) is 12.5 Å². The molecule has 86 valence electrons. The molecular weight excluding hydrogens is 233 g/mol. The van der Waals surface area contributed by atoms with E-state index < -0.39 is 5.97 Å². The topological polar surface area (TPSA) is 80.7 Å². The SMILES string of the molecule is C/C(CO)=C1\C(=O)N2C(C(=O)[O-])=C[C@H](C)[C@@H]12.[Na+]. The van der Waals surface area contributed by atoms with E-state index in [-0.39, 0.29) is 59.7 Å². The minimum Gasteiger partial charge on any atom is -0.543 e. The van der Waals surface area contributed by atoms with Gasteiger partial charge in [-0.3, -0.25) is 9.69 Å². The molecule has 6 heteroatoms. The van der Waals surface area contributed by atoms with Gasteiger partial charge in [-0.1, -0.05) is 13.0 Å². The first kappa shape index (κ1) is 14.4.